The molecule has 0 aliphatic carbocycles. The highest BCUT2D eigenvalue weighted by molar-refractivity contribution is 4.96. The Balaban J connectivity index is 2.60. The first-order valence-electron chi connectivity index (χ1n) is 3.19. The Bertz CT molecular complexity index is 133. The summed E-state index contributed by atoms with van der Waals surface area (Å²) in [7, 11) is 1.88. The Labute approximate surface area is 50.8 Å². The van der Waals surface area contributed by atoms with Crippen molar-refractivity contribution in [3.8, 4) is 0 Å². The van der Waals surface area contributed by atoms with Gasteiger partial charge in [0.05, 0.1) is 7.45 Å². The van der Waals surface area contributed by atoms with E-state index < -0.39 is 6.08 Å². The molecule has 8 heavy (non-hydrogen) atoms. The van der Waals surface area contributed by atoms with Gasteiger partial charge in [-0.15, -0.1) is 0 Å². The van der Waals surface area contributed by atoms with Crippen molar-refractivity contribution < 1.29 is 6.48 Å². The maximum absolute atomic E-state index is 9.08. The van der Waals surface area contributed by atoms with Crippen molar-refractivity contribution in [1.82, 2.24) is 4.90 Å². The molecule has 1 aliphatic heterocycles. The monoisotopic (exact) mass is 114 g/mol. The number of hydrogen-bond acceptors (Lipinski definition) is 2. The van der Waals surface area contributed by atoms with Gasteiger partial charge in [-0.1, -0.05) is 12.2 Å². The van der Waals surface area contributed by atoms with E-state index in [1.54, 1.807) is 6.08 Å². The van der Waals surface area contributed by atoms with E-state index in [9.17, 15) is 0 Å². The Morgan fingerprint density at radius 1 is 2.00 bits per heavy atom. The minimum Gasteiger partial charge on any atom is -0.388 e. The SMILES string of the molecule is [2H]C1(O)C=CCN(C)C1. The van der Waals surface area contributed by atoms with Crippen molar-refractivity contribution in [3.05, 3.63) is 12.2 Å². The predicted octanol–water partition coefficient (Wildman–Crippen LogP) is -0.151. The van der Waals surface area contributed by atoms with Crippen LogP contribution in [0.3, 0.4) is 0 Å². The lowest BCUT2D eigenvalue weighted by molar-refractivity contribution is 0.161. The first-order valence-corrected chi connectivity index (χ1v) is 2.69. The topological polar surface area (TPSA) is 23.5 Å². The molecule has 0 aromatic carbocycles. The minimum atomic E-state index is -1.35. The summed E-state index contributed by atoms with van der Waals surface area (Å²) in [6.45, 7) is 1.24. The zero-order chi connectivity index (χ0) is 6.91. The molecular weight excluding hydrogens is 102 g/mol. The van der Waals surface area contributed by atoms with Gasteiger partial charge in [-0.3, -0.25) is 4.90 Å². The summed E-state index contributed by atoms with van der Waals surface area (Å²) in [5.74, 6) is 0. The third-order valence-electron chi connectivity index (χ3n) is 1.16. The van der Waals surface area contributed by atoms with Crippen LogP contribution in [0.1, 0.15) is 1.37 Å². The second-order valence-corrected chi connectivity index (χ2v) is 2.09. The van der Waals surface area contributed by atoms with Gasteiger partial charge in [-0.05, 0) is 7.05 Å². The summed E-state index contributed by atoms with van der Waals surface area (Å²) in [4.78, 5) is 1.90. The van der Waals surface area contributed by atoms with Crippen LogP contribution in [0.15, 0.2) is 12.2 Å². The fraction of sp³-hybridized carbons (Fsp3) is 0.667. The van der Waals surface area contributed by atoms with Crippen molar-refractivity contribution >= 4 is 0 Å². The molecule has 0 saturated heterocycles. The van der Waals surface area contributed by atoms with Crippen LogP contribution in [0.25, 0.3) is 0 Å². The van der Waals surface area contributed by atoms with Gasteiger partial charge >= 0.3 is 0 Å². The summed E-state index contributed by atoms with van der Waals surface area (Å²) in [6.07, 6.45) is 1.97. The van der Waals surface area contributed by atoms with Gasteiger partial charge < -0.3 is 5.11 Å². The number of β-amino-alcohol motifs (C(OH)–C–C–N with tert-alkyl or cyclic N) is 1. The summed E-state index contributed by atoms with van der Waals surface area (Å²) >= 11 is 0. The smallest absolute Gasteiger partial charge is 0.0848 e. The molecule has 1 N–H and O–H groups in total. The first-order chi connectivity index (χ1) is 4.10. The maximum atomic E-state index is 9.08. The molecule has 1 heterocycles. The van der Waals surface area contributed by atoms with Crippen LogP contribution in [0, 0.1) is 0 Å². The van der Waals surface area contributed by atoms with E-state index in [-0.39, 0.29) is 0 Å². The van der Waals surface area contributed by atoms with E-state index in [4.69, 9.17) is 6.48 Å². The van der Waals surface area contributed by atoms with Crippen molar-refractivity contribution in [3.63, 3.8) is 0 Å². The highest BCUT2D eigenvalue weighted by Gasteiger charge is 2.06. The standard InChI is InChI=1S/C6H11NO/c1-7-4-2-3-6(8)5-7/h2-3,6,8H,4-5H2,1H3/i6D. The Hall–Kier alpha value is -0.340. The van der Waals surface area contributed by atoms with Crippen LogP contribution in [-0.4, -0.2) is 36.2 Å². The second-order valence-electron chi connectivity index (χ2n) is 2.09. The normalized spacial score (nSPS) is 42.0. The molecule has 1 unspecified atom stereocenters. The fourth-order valence-electron chi connectivity index (χ4n) is 0.762. The van der Waals surface area contributed by atoms with Crippen LogP contribution in [0.2, 0.25) is 0 Å². The van der Waals surface area contributed by atoms with E-state index in [0.717, 1.165) is 6.54 Å². The zero-order valence-electron chi connectivity index (χ0n) is 5.96. The maximum Gasteiger partial charge on any atom is 0.0848 e. The van der Waals surface area contributed by atoms with E-state index in [2.05, 4.69) is 0 Å². The van der Waals surface area contributed by atoms with Gasteiger partial charge in [0, 0.05) is 13.1 Å². The van der Waals surface area contributed by atoms with Gasteiger partial charge in [0.25, 0.3) is 0 Å². The highest BCUT2D eigenvalue weighted by atomic mass is 16.3. The van der Waals surface area contributed by atoms with E-state index in [1.165, 1.54) is 6.08 Å². The molecule has 0 fully saturated rings. The van der Waals surface area contributed by atoms with Gasteiger partial charge in [0.15, 0.2) is 0 Å². The molecular formula is C6H11NO. The van der Waals surface area contributed by atoms with Crippen LogP contribution in [0.4, 0.5) is 0 Å². The summed E-state index contributed by atoms with van der Waals surface area (Å²) in [6, 6.07) is 0. The van der Waals surface area contributed by atoms with Gasteiger partial charge in [0.2, 0.25) is 0 Å². The average molecular weight is 114 g/mol. The molecule has 0 spiro atoms. The van der Waals surface area contributed by atoms with Crippen LogP contribution >= 0.6 is 0 Å². The molecule has 1 aliphatic rings. The highest BCUT2D eigenvalue weighted by Crippen LogP contribution is 1.97. The molecule has 2 nitrogen and oxygen atoms in total. The van der Waals surface area contributed by atoms with E-state index in [0.29, 0.717) is 6.54 Å². The summed E-state index contributed by atoms with van der Waals surface area (Å²) in [5.41, 5.74) is 0. The first kappa shape index (κ1) is 4.53. The molecule has 0 aromatic rings. The molecule has 0 radical (unpaired) electrons. The lowest BCUT2D eigenvalue weighted by atomic mass is 10.2. The third kappa shape index (κ3) is 1.32. The van der Waals surface area contributed by atoms with Gasteiger partial charge in [0.1, 0.15) is 0 Å². The zero-order valence-corrected chi connectivity index (χ0v) is 4.96. The molecule has 0 aromatic heterocycles. The number of rotatable bonds is 0. The second kappa shape index (κ2) is 2.29. The molecule has 1 rings (SSSR count). The summed E-state index contributed by atoms with van der Waals surface area (Å²) in [5, 5.41) is 9.08. The van der Waals surface area contributed by atoms with Crippen LogP contribution in [0.5, 0.6) is 0 Å². The third-order valence-corrected chi connectivity index (χ3v) is 1.16. The molecule has 46 valence electrons. The van der Waals surface area contributed by atoms with Crippen molar-refractivity contribution in [1.29, 1.82) is 0 Å². The number of aliphatic hydroxyl groups is 1. The van der Waals surface area contributed by atoms with Crippen LogP contribution in [-0.2, 0) is 0 Å². The van der Waals surface area contributed by atoms with E-state index >= 15 is 0 Å². The lowest BCUT2D eigenvalue weighted by Crippen LogP contribution is -2.31. The molecule has 0 amide bonds. The van der Waals surface area contributed by atoms with E-state index in [1.807, 2.05) is 11.9 Å². The Morgan fingerprint density at radius 2 is 2.75 bits per heavy atom. The quantitative estimate of drug-likeness (QED) is 0.443. The predicted molar refractivity (Wildman–Crippen MR) is 32.6 cm³/mol. The van der Waals surface area contributed by atoms with Crippen molar-refractivity contribution in [2.24, 2.45) is 0 Å². The Morgan fingerprint density at radius 3 is 3.12 bits per heavy atom. The lowest BCUT2D eigenvalue weighted by Gasteiger charge is -2.20. The largest absolute Gasteiger partial charge is 0.388 e. The molecule has 1 atom stereocenters. The Kier molecular flexibility index (Phi) is 1.29. The minimum absolute atomic E-state index is 0.406. The van der Waals surface area contributed by atoms with Crippen LogP contribution < -0.4 is 0 Å². The molecule has 2 heteroatoms. The molecule has 0 bridgehead atoms. The van der Waals surface area contributed by atoms with Crippen molar-refractivity contribution in [2.75, 3.05) is 20.1 Å². The average Bonchev–Trinajstić information content (AvgIpc) is 1.60. The van der Waals surface area contributed by atoms with Gasteiger partial charge in [-0.2, -0.15) is 0 Å². The number of nitrogens with zero attached hydrogens (tertiary/aromatic N) is 1. The summed E-state index contributed by atoms with van der Waals surface area (Å²) < 4.78 is 7.18. The number of hydrogen-bond donors (Lipinski definition) is 1. The fourth-order valence-corrected chi connectivity index (χ4v) is 0.762. The van der Waals surface area contributed by atoms with Crippen molar-refractivity contribution in [2.45, 2.75) is 6.08 Å². The van der Waals surface area contributed by atoms with Gasteiger partial charge in [-0.25, -0.2) is 0 Å². The molecule has 0 saturated carbocycles. The number of likely N-dealkylation sites (N-methyl/N-ethyl adjacent to an activating group) is 1.